The van der Waals surface area contributed by atoms with Gasteiger partial charge in [0.15, 0.2) is 5.65 Å². The average Bonchev–Trinajstić information content (AvgIpc) is 3.21. The van der Waals surface area contributed by atoms with Crippen LogP contribution in [0.1, 0.15) is 29.8 Å². The smallest absolute Gasteiger partial charge is 0.270 e. The lowest BCUT2D eigenvalue weighted by atomic mass is 10.1. The van der Waals surface area contributed by atoms with Gasteiger partial charge in [-0.3, -0.25) is 9.59 Å². The molecule has 8 heteroatoms. The van der Waals surface area contributed by atoms with Gasteiger partial charge in [0.1, 0.15) is 17.5 Å². The minimum Gasteiger partial charge on any atom is -0.496 e. The number of para-hydroxylation sites is 1. The lowest BCUT2D eigenvalue weighted by Gasteiger charge is -2.16. The number of aromatic nitrogens is 3. The Labute approximate surface area is 197 Å². The zero-order valence-corrected chi connectivity index (χ0v) is 18.8. The summed E-state index contributed by atoms with van der Waals surface area (Å²) in [7, 11) is 1.60. The predicted octanol–water partition coefficient (Wildman–Crippen LogP) is 3.47. The zero-order chi connectivity index (χ0) is 23.5. The van der Waals surface area contributed by atoms with Gasteiger partial charge in [-0.25, -0.2) is 9.50 Å². The van der Waals surface area contributed by atoms with Crippen LogP contribution < -0.4 is 15.4 Å². The largest absolute Gasteiger partial charge is 0.496 e. The molecule has 2 N–H and O–H groups in total. The maximum atomic E-state index is 13.5. The van der Waals surface area contributed by atoms with Gasteiger partial charge in [0, 0.05) is 23.7 Å². The van der Waals surface area contributed by atoms with E-state index >= 15 is 0 Å². The molecule has 2 aromatic carbocycles. The Bertz CT molecular complexity index is 1350. The first-order valence-electron chi connectivity index (χ1n) is 11.3. The van der Waals surface area contributed by atoms with E-state index < -0.39 is 6.04 Å². The summed E-state index contributed by atoms with van der Waals surface area (Å²) < 4.78 is 7.05. The molecule has 0 radical (unpaired) electrons. The van der Waals surface area contributed by atoms with Crippen molar-refractivity contribution in [2.75, 3.05) is 13.7 Å². The molecular weight excluding hydrogens is 430 g/mol. The van der Waals surface area contributed by atoms with Crippen LogP contribution in [0, 0.1) is 0 Å². The second kappa shape index (κ2) is 9.35. The monoisotopic (exact) mass is 455 g/mol. The SMILES string of the molecule is COc1ccccc1-c1cc(C(=O)NC2CCCCNC2=O)n2nc(-c3ccccc3)cc2n1. The highest BCUT2D eigenvalue weighted by atomic mass is 16.5. The summed E-state index contributed by atoms with van der Waals surface area (Å²) in [5.74, 6) is 0.108. The number of ether oxygens (including phenoxy) is 1. The van der Waals surface area contributed by atoms with Crippen LogP contribution in [0.4, 0.5) is 0 Å². The Morgan fingerprint density at radius 1 is 1.06 bits per heavy atom. The molecule has 2 aromatic heterocycles. The van der Waals surface area contributed by atoms with E-state index in [0.717, 1.165) is 24.0 Å². The van der Waals surface area contributed by atoms with Crippen LogP contribution in [0.2, 0.25) is 0 Å². The number of rotatable bonds is 5. The minimum atomic E-state index is -0.586. The molecule has 1 saturated heterocycles. The predicted molar refractivity (Wildman–Crippen MR) is 129 cm³/mol. The van der Waals surface area contributed by atoms with Gasteiger partial charge in [-0.15, -0.1) is 0 Å². The van der Waals surface area contributed by atoms with E-state index in [4.69, 9.17) is 9.72 Å². The Kier molecular flexibility index (Phi) is 5.95. The van der Waals surface area contributed by atoms with Gasteiger partial charge in [0.25, 0.3) is 5.91 Å². The number of hydrogen-bond acceptors (Lipinski definition) is 5. The molecule has 1 atom stereocenters. The topological polar surface area (TPSA) is 97.6 Å². The number of amides is 2. The molecule has 4 aromatic rings. The highest BCUT2D eigenvalue weighted by molar-refractivity contribution is 5.97. The molecular formula is C26H25N5O3. The Morgan fingerprint density at radius 3 is 2.68 bits per heavy atom. The van der Waals surface area contributed by atoms with Gasteiger partial charge < -0.3 is 15.4 Å². The molecule has 8 nitrogen and oxygen atoms in total. The summed E-state index contributed by atoms with van der Waals surface area (Å²) in [4.78, 5) is 30.7. The first kappa shape index (κ1) is 21.6. The normalized spacial score (nSPS) is 16.0. The van der Waals surface area contributed by atoms with Crippen molar-refractivity contribution in [2.24, 2.45) is 0 Å². The van der Waals surface area contributed by atoms with Crippen LogP contribution in [0.5, 0.6) is 5.75 Å². The van der Waals surface area contributed by atoms with Gasteiger partial charge in [-0.05, 0) is 37.5 Å². The van der Waals surface area contributed by atoms with Crippen LogP contribution in [-0.2, 0) is 4.79 Å². The molecule has 0 aliphatic carbocycles. The Morgan fingerprint density at radius 2 is 1.85 bits per heavy atom. The van der Waals surface area contributed by atoms with Crippen molar-refractivity contribution in [3.05, 3.63) is 72.4 Å². The summed E-state index contributed by atoms with van der Waals surface area (Å²) >= 11 is 0. The van der Waals surface area contributed by atoms with Crippen LogP contribution in [0.15, 0.2) is 66.7 Å². The Hall–Kier alpha value is -4.20. The van der Waals surface area contributed by atoms with Crippen molar-refractivity contribution in [3.8, 4) is 28.3 Å². The summed E-state index contributed by atoms with van der Waals surface area (Å²) in [6.45, 7) is 0.627. The fourth-order valence-corrected chi connectivity index (χ4v) is 4.19. The number of benzene rings is 2. The average molecular weight is 456 g/mol. The maximum absolute atomic E-state index is 13.5. The summed E-state index contributed by atoms with van der Waals surface area (Å²) in [6, 6.07) is 20.2. The maximum Gasteiger partial charge on any atom is 0.270 e. The number of fused-ring (bicyclic) bond motifs is 1. The standard InChI is InChI=1S/C26H25N5O3/c1-34-23-13-6-5-11-18(23)21-15-22(26(33)29-19-12-7-8-14-27-25(19)32)31-24(28-21)16-20(30-31)17-9-3-2-4-10-17/h2-6,9-11,13,15-16,19H,7-8,12,14H2,1H3,(H,27,32)(H,29,33). The van der Waals surface area contributed by atoms with Gasteiger partial charge >= 0.3 is 0 Å². The molecule has 1 aliphatic rings. The summed E-state index contributed by atoms with van der Waals surface area (Å²) in [5.41, 5.74) is 3.78. The molecule has 0 bridgehead atoms. The van der Waals surface area contributed by atoms with Gasteiger partial charge in [-0.2, -0.15) is 5.10 Å². The number of nitrogens with zero attached hydrogens (tertiary/aromatic N) is 3. The molecule has 0 saturated carbocycles. The van der Waals surface area contributed by atoms with Crippen LogP contribution >= 0.6 is 0 Å². The highest BCUT2D eigenvalue weighted by Crippen LogP contribution is 2.30. The van der Waals surface area contributed by atoms with Crippen molar-refractivity contribution in [2.45, 2.75) is 25.3 Å². The second-order valence-electron chi connectivity index (χ2n) is 8.21. The van der Waals surface area contributed by atoms with Crippen LogP contribution in [0.25, 0.3) is 28.2 Å². The van der Waals surface area contributed by atoms with Crippen molar-refractivity contribution in [3.63, 3.8) is 0 Å². The van der Waals surface area contributed by atoms with E-state index in [9.17, 15) is 9.59 Å². The van der Waals surface area contributed by atoms with Gasteiger partial charge in [0.05, 0.1) is 18.5 Å². The third-order valence-corrected chi connectivity index (χ3v) is 5.95. The van der Waals surface area contributed by atoms with E-state index in [0.29, 0.717) is 41.4 Å². The fourth-order valence-electron chi connectivity index (χ4n) is 4.19. The Balaban J connectivity index is 1.62. The van der Waals surface area contributed by atoms with Crippen LogP contribution in [-0.4, -0.2) is 46.1 Å². The third kappa shape index (κ3) is 4.22. The van der Waals surface area contributed by atoms with Crippen molar-refractivity contribution in [1.82, 2.24) is 25.2 Å². The first-order chi connectivity index (χ1) is 16.6. The van der Waals surface area contributed by atoms with Crippen molar-refractivity contribution >= 4 is 17.5 Å². The lowest BCUT2D eigenvalue weighted by molar-refractivity contribution is -0.122. The van der Waals surface area contributed by atoms with E-state index in [1.165, 1.54) is 4.52 Å². The number of hydrogen-bond donors (Lipinski definition) is 2. The molecule has 0 spiro atoms. The third-order valence-electron chi connectivity index (χ3n) is 5.95. The number of nitrogens with one attached hydrogen (secondary N) is 2. The lowest BCUT2D eigenvalue weighted by Crippen LogP contribution is -2.45. The van der Waals surface area contributed by atoms with E-state index in [1.807, 2.05) is 60.7 Å². The van der Waals surface area contributed by atoms with Crippen molar-refractivity contribution < 1.29 is 14.3 Å². The van der Waals surface area contributed by atoms with Crippen molar-refractivity contribution in [1.29, 1.82) is 0 Å². The number of methoxy groups -OCH3 is 1. The fraction of sp³-hybridized carbons (Fsp3) is 0.231. The number of carbonyl (C=O) groups excluding carboxylic acids is 2. The minimum absolute atomic E-state index is 0.161. The zero-order valence-electron chi connectivity index (χ0n) is 18.8. The molecule has 2 amide bonds. The molecule has 34 heavy (non-hydrogen) atoms. The molecule has 1 fully saturated rings. The quantitative estimate of drug-likeness (QED) is 0.480. The molecule has 3 heterocycles. The van der Waals surface area contributed by atoms with E-state index in [1.54, 1.807) is 13.2 Å². The highest BCUT2D eigenvalue weighted by Gasteiger charge is 2.25. The van der Waals surface area contributed by atoms with Crippen LogP contribution in [0.3, 0.4) is 0 Å². The van der Waals surface area contributed by atoms with E-state index in [2.05, 4.69) is 15.7 Å². The van der Waals surface area contributed by atoms with Gasteiger partial charge in [-0.1, -0.05) is 42.5 Å². The number of carbonyl (C=O) groups is 2. The second-order valence-corrected chi connectivity index (χ2v) is 8.21. The molecule has 5 rings (SSSR count). The molecule has 1 unspecified atom stereocenters. The van der Waals surface area contributed by atoms with Gasteiger partial charge in [0.2, 0.25) is 5.91 Å². The molecule has 1 aliphatic heterocycles. The first-order valence-corrected chi connectivity index (χ1v) is 11.3. The molecule has 172 valence electrons. The summed E-state index contributed by atoms with van der Waals surface area (Å²) in [6.07, 6.45) is 2.36. The van der Waals surface area contributed by atoms with E-state index in [-0.39, 0.29) is 11.8 Å². The summed E-state index contributed by atoms with van der Waals surface area (Å²) in [5, 5.41) is 10.4.